The molecule has 1 aliphatic rings. The second-order valence-electron chi connectivity index (χ2n) is 3.94. The van der Waals surface area contributed by atoms with Crippen LogP contribution in [-0.2, 0) is 6.42 Å². The van der Waals surface area contributed by atoms with Crippen LogP contribution >= 0.6 is 0 Å². The lowest BCUT2D eigenvalue weighted by Gasteiger charge is -2.30. The largest absolute Gasteiger partial charge is 0.407 e. The van der Waals surface area contributed by atoms with E-state index in [4.69, 9.17) is 0 Å². The van der Waals surface area contributed by atoms with Gasteiger partial charge in [0.1, 0.15) is 11.9 Å². The molecule has 1 N–H and O–H groups in total. The van der Waals surface area contributed by atoms with Crippen LogP contribution in [0.4, 0.5) is 17.6 Å². The molecule has 0 bridgehead atoms. The van der Waals surface area contributed by atoms with Gasteiger partial charge in [-0.3, -0.25) is 0 Å². The van der Waals surface area contributed by atoms with Crippen LogP contribution in [0.5, 0.6) is 0 Å². The highest BCUT2D eigenvalue weighted by Gasteiger charge is 2.44. The number of halogens is 4. The third-order valence-electron chi connectivity index (χ3n) is 2.86. The minimum Gasteiger partial charge on any atom is -0.302 e. The topological polar surface area (TPSA) is 12.0 Å². The van der Waals surface area contributed by atoms with E-state index in [1.54, 1.807) is 6.92 Å². The summed E-state index contributed by atoms with van der Waals surface area (Å²) < 4.78 is 51.7. The van der Waals surface area contributed by atoms with Gasteiger partial charge in [0.25, 0.3) is 0 Å². The van der Waals surface area contributed by atoms with Gasteiger partial charge in [0.2, 0.25) is 0 Å². The Hall–Kier alpha value is -1.10. The molecule has 1 atom stereocenters. The fourth-order valence-corrected chi connectivity index (χ4v) is 2.13. The van der Waals surface area contributed by atoms with Crippen LogP contribution in [0, 0.1) is 12.7 Å². The molecular formula is C11H11F4N. The standard InChI is InChI=1S/C11H11F4N/c1-6-2-3-8(12)7-4-5-16-10(9(6)7)11(13,14)15/h2-3,10,16H,4-5H2,1H3. The molecule has 1 nitrogen and oxygen atoms in total. The first-order chi connectivity index (χ1) is 7.41. The predicted octanol–water partition coefficient (Wildman–Crippen LogP) is 2.88. The van der Waals surface area contributed by atoms with Crippen LogP contribution in [0.15, 0.2) is 12.1 Å². The first-order valence-electron chi connectivity index (χ1n) is 4.99. The van der Waals surface area contributed by atoms with E-state index in [0.29, 0.717) is 12.0 Å². The highest BCUT2D eigenvalue weighted by atomic mass is 19.4. The lowest BCUT2D eigenvalue weighted by Crippen LogP contribution is -2.40. The van der Waals surface area contributed by atoms with Crippen molar-refractivity contribution in [3.63, 3.8) is 0 Å². The molecule has 0 radical (unpaired) electrons. The summed E-state index contributed by atoms with van der Waals surface area (Å²) in [4.78, 5) is 0. The number of aryl methyl sites for hydroxylation is 1. The van der Waals surface area contributed by atoms with Crippen molar-refractivity contribution in [1.29, 1.82) is 0 Å². The number of nitrogens with one attached hydrogen (secondary N) is 1. The van der Waals surface area contributed by atoms with Crippen molar-refractivity contribution in [2.45, 2.75) is 25.6 Å². The van der Waals surface area contributed by atoms with Crippen molar-refractivity contribution in [2.75, 3.05) is 6.54 Å². The number of benzene rings is 1. The molecule has 0 saturated carbocycles. The van der Waals surface area contributed by atoms with E-state index < -0.39 is 18.0 Å². The van der Waals surface area contributed by atoms with Crippen LogP contribution in [0.3, 0.4) is 0 Å². The van der Waals surface area contributed by atoms with Gasteiger partial charge in [-0.15, -0.1) is 0 Å². The Kier molecular flexibility index (Phi) is 2.66. The van der Waals surface area contributed by atoms with Gasteiger partial charge in [0.15, 0.2) is 0 Å². The molecule has 0 aliphatic carbocycles. The van der Waals surface area contributed by atoms with Gasteiger partial charge in [-0.05, 0) is 36.1 Å². The summed E-state index contributed by atoms with van der Waals surface area (Å²) in [5.74, 6) is -0.545. The summed E-state index contributed by atoms with van der Waals surface area (Å²) in [5, 5.41) is 2.39. The third-order valence-corrected chi connectivity index (χ3v) is 2.86. The van der Waals surface area contributed by atoms with Crippen LogP contribution in [0.2, 0.25) is 0 Å². The zero-order valence-corrected chi connectivity index (χ0v) is 8.66. The summed E-state index contributed by atoms with van der Waals surface area (Å²) in [7, 11) is 0. The fourth-order valence-electron chi connectivity index (χ4n) is 2.13. The molecule has 0 aromatic heterocycles. The lowest BCUT2D eigenvalue weighted by atomic mass is 9.90. The molecular weight excluding hydrogens is 222 g/mol. The van der Waals surface area contributed by atoms with Gasteiger partial charge in [-0.1, -0.05) is 6.07 Å². The van der Waals surface area contributed by atoms with E-state index in [9.17, 15) is 17.6 Å². The van der Waals surface area contributed by atoms with E-state index in [1.165, 1.54) is 12.1 Å². The number of fused-ring (bicyclic) bond motifs is 1. The maximum absolute atomic E-state index is 13.4. The average Bonchev–Trinajstić information content (AvgIpc) is 2.22. The van der Waals surface area contributed by atoms with Crippen molar-refractivity contribution in [1.82, 2.24) is 5.32 Å². The second kappa shape index (κ2) is 3.73. The maximum atomic E-state index is 13.4. The monoisotopic (exact) mass is 233 g/mol. The van der Waals surface area contributed by atoms with Crippen molar-refractivity contribution in [3.8, 4) is 0 Å². The number of hydrogen-bond donors (Lipinski definition) is 1. The highest BCUT2D eigenvalue weighted by molar-refractivity contribution is 5.40. The van der Waals surface area contributed by atoms with Crippen LogP contribution < -0.4 is 5.32 Å². The first-order valence-corrected chi connectivity index (χ1v) is 4.99. The van der Waals surface area contributed by atoms with E-state index in [-0.39, 0.29) is 17.7 Å². The second-order valence-corrected chi connectivity index (χ2v) is 3.94. The normalized spacial score (nSPS) is 20.7. The summed E-state index contributed by atoms with van der Waals surface area (Å²) >= 11 is 0. The Bertz CT molecular complexity index is 411. The molecule has 1 unspecified atom stereocenters. The van der Waals surface area contributed by atoms with Gasteiger partial charge in [0, 0.05) is 6.54 Å². The van der Waals surface area contributed by atoms with Crippen molar-refractivity contribution >= 4 is 0 Å². The lowest BCUT2D eigenvalue weighted by molar-refractivity contribution is -0.159. The van der Waals surface area contributed by atoms with Gasteiger partial charge in [-0.2, -0.15) is 13.2 Å². The van der Waals surface area contributed by atoms with Crippen LogP contribution in [0.1, 0.15) is 22.7 Å². The quantitative estimate of drug-likeness (QED) is 0.679. The molecule has 0 amide bonds. The first kappa shape index (κ1) is 11.4. The van der Waals surface area contributed by atoms with Gasteiger partial charge in [-0.25, -0.2) is 4.39 Å². The summed E-state index contributed by atoms with van der Waals surface area (Å²) in [6.07, 6.45) is -4.08. The van der Waals surface area contributed by atoms with E-state index >= 15 is 0 Å². The number of alkyl halides is 3. The van der Waals surface area contributed by atoms with E-state index in [1.807, 2.05) is 0 Å². The van der Waals surface area contributed by atoms with Crippen molar-refractivity contribution in [3.05, 3.63) is 34.6 Å². The smallest absolute Gasteiger partial charge is 0.302 e. The molecule has 1 heterocycles. The Balaban J connectivity index is 2.58. The van der Waals surface area contributed by atoms with Crippen LogP contribution in [-0.4, -0.2) is 12.7 Å². The van der Waals surface area contributed by atoms with Gasteiger partial charge >= 0.3 is 6.18 Å². The molecule has 0 fully saturated rings. The average molecular weight is 233 g/mol. The molecule has 0 saturated heterocycles. The molecule has 0 spiro atoms. The van der Waals surface area contributed by atoms with E-state index in [2.05, 4.69) is 5.32 Å². The molecule has 88 valence electrons. The number of hydrogen-bond acceptors (Lipinski definition) is 1. The Morgan fingerprint density at radius 3 is 2.62 bits per heavy atom. The Morgan fingerprint density at radius 2 is 2.00 bits per heavy atom. The predicted molar refractivity (Wildman–Crippen MR) is 51.6 cm³/mol. The summed E-state index contributed by atoms with van der Waals surface area (Å²) in [6, 6.07) is 0.874. The van der Waals surface area contributed by atoms with Crippen LogP contribution in [0.25, 0.3) is 0 Å². The molecule has 1 aliphatic heterocycles. The van der Waals surface area contributed by atoms with E-state index in [0.717, 1.165) is 0 Å². The SMILES string of the molecule is Cc1ccc(F)c2c1C(C(F)(F)F)NCC2. The minimum absolute atomic E-state index is 0.0544. The van der Waals surface area contributed by atoms with Crippen molar-refractivity contribution in [2.24, 2.45) is 0 Å². The Labute approximate surface area is 90.5 Å². The highest BCUT2D eigenvalue weighted by Crippen LogP contribution is 2.38. The summed E-state index contributed by atoms with van der Waals surface area (Å²) in [6.45, 7) is 1.72. The fraction of sp³-hybridized carbons (Fsp3) is 0.455. The van der Waals surface area contributed by atoms with Crippen molar-refractivity contribution < 1.29 is 17.6 Å². The number of rotatable bonds is 0. The molecule has 1 aromatic rings. The molecule has 2 rings (SSSR count). The zero-order chi connectivity index (χ0) is 11.9. The molecule has 5 heteroatoms. The minimum atomic E-state index is -4.38. The molecule has 16 heavy (non-hydrogen) atoms. The third kappa shape index (κ3) is 1.80. The summed E-state index contributed by atoms with van der Waals surface area (Å²) in [5.41, 5.74) is 0.728. The van der Waals surface area contributed by atoms with Gasteiger partial charge in [0.05, 0.1) is 0 Å². The zero-order valence-electron chi connectivity index (χ0n) is 8.66. The maximum Gasteiger partial charge on any atom is 0.407 e. The van der Waals surface area contributed by atoms with Gasteiger partial charge < -0.3 is 5.32 Å². The Morgan fingerprint density at radius 1 is 1.31 bits per heavy atom. The molecule has 1 aromatic carbocycles.